The number of amides is 1. The molecule has 0 atom stereocenters. The largest absolute Gasteiger partial charge is 0.501 e. The molecule has 0 unspecified atom stereocenters. The highest BCUT2D eigenvalue weighted by molar-refractivity contribution is 6.00. The van der Waals surface area contributed by atoms with Gasteiger partial charge in [-0.15, -0.1) is 0 Å². The SMILES string of the molecule is CCCc1cc(C2=C(C)CCC(OC)=C2C)c(N)c(C(N)=O)n1. The molecule has 4 N–H and O–H groups in total. The van der Waals surface area contributed by atoms with E-state index in [0.29, 0.717) is 5.69 Å². The maximum Gasteiger partial charge on any atom is 0.269 e. The highest BCUT2D eigenvalue weighted by Gasteiger charge is 2.23. The molecule has 0 spiro atoms. The number of hydrogen-bond donors (Lipinski definition) is 2. The molecule has 1 aliphatic rings. The Balaban J connectivity index is 2.71. The van der Waals surface area contributed by atoms with Crippen molar-refractivity contribution in [3.63, 3.8) is 0 Å². The highest BCUT2D eigenvalue weighted by Crippen LogP contribution is 2.39. The lowest BCUT2D eigenvalue weighted by atomic mass is 9.85. The van der Waals surface area contributed by atoms with Gasteiger partial charge in [0.05, 0.1) is 18.6 Å². The number of nitrogen functional groups attached to an aromatic ring is 1. The highest BCUT2D eigenvalue weighted by atomic mass is 16.5. The molecule has 0 saturated carbocycles. The topological polar surface area (TPSA) is 91.2 Å². The van der Waals surface area contributed by atoms with Crippen LogP contribution in [0.2, 0.25) is 0 Å². The van der Waals surface area contributed by atoms with E-state index in [0.717, 1.165) is 53.8 Å². The summed E-state index contributed by atoms with van der Waals surface area (Å²) in [5, 5.41) is 0. The molecule has 0 radical (unpaired) electrons. The van der Waals surface area contributed by atoms with Crippen LogP contribution < -0.4 is 11.5 Å². The summed E-state index contributed by atoms with van der Waals surface area (Å²) >= 11 is 0. The Morgan fingerprint density at radius 3 is 2.61 bits per heavy atom. The summed E-state index contributed by atoms with van der Waals surface area (Å²) in [6.45, 7) is 6.19. The molecule has 1 aromatic heterocycles. The molecule has 23 heavy (non-hydrogen) atoms. The molecule has 1 amide bonds. The lowest BCUT2D eigenvalue weighted by Gasteiger charge is -2.24. The van der Waals surface area contributed by atoms with Crippen molar-refractivity contribution in [3.8, 4) is 0 Å². The number of allylic oxidation sites excluding steroid dienone is 4. The van der Waals surface area contributed by atoms with E-state index in [-0.39, 0.29) is 5.69 Å². The van der Waals surface area contributed by atoms with Gasteiger partial charge in [0.1, 0.15) is 0 Å². The Morgan fingerprint density at radius 2 is 2.04 bits per heavy atom. The maximum atomic E-state index is 11.7. The standard InChI is InChI=1S/C18H25N3O2/c1-5-6-12-9-13(16(19)17(21-12)18(20)22)15-10(2)7-8-14(23-4)11(15)3/h9H,5-8,19H2,1-4H3,(H2,20,22). The average molecular weight is 315 g/mol. The Labute approximate surface area is 137 Å². The lowest BCUT2D eigenvalue weighted by molar-refractivity contribution is 0.0996. The summed E-state index contributed by atoms with van der Waals surface area (Å²) in [7, 11) is 1.68. The van der Waals surface area contributed by atoms with Crippen molar-refractivity contribution in [2.75, 3.05) is 12.8 Å². The van der Waals surface area contributed by atoms with Gasteiger partial charge < -0.3 is 16.2 Å². The molecule has 1 heterocycles. The molecule has 0 bridgehead atoms. The van der Waals surface area contributed by atoms with Crippen molar-refractivity contribution < 1.29 is 9.53 Å². The fraction of sp³-hybridized carbons (Fsp3) is 0.444. The summed E-state index contributed by atoms with van der Waals surface area (Å²) in [5.41, 5.74) is 17.2. The molecule has 1 aliphatic carbocycles. The van der Waals surface area contributed by atoms with Gasteiger partial charge in [-0.25, -0.2) is 4.98 Å². The van der Waals surface area contributed by atoms with E-state index in [1.54, 1.807) is 7.11 Å². The Bertz CT molecular complexity index is 702. The molecule has 0 aliphatic heterocycles. The molecule has 5 nitrogen and oxygen atoms in total. The van der Waals surface area contributed by atoms with Crippen LogP contribution in [-0.4, -0.2) is 18.0 Å². The number of carbonyl (C=O) groups excluding carboxylic acids is 1. The van der Waals surface area contributed by atoms with Crippen LogP contribution in [0.3, 0.4) is 0 Å². The van der Waals surface area contributed by atoms with Crippen LogP contribution in [0.15, 0.2) is 23.0 Å². The second kappa shape index (κ2) is 6.86. The number of primary amides is 1. The quantitative estimate of drug-likeness (QED) is 0.873. The van der Waals surface area contributed by atoms with Crippen molar-refractivity contribution in [3.05, 3.63) is 39.9 Å². The Morgan fingerprint density at radius 1 is 1.35 bits per heavy atom. The van der Waals surface area contributed by atoms with Gasteiger partial charge in [0.2, 0.25) is 0 Å². The minimum Gasteiger partial charge on any atom is -0.501 e. The fourth-order valence-corrected chi connectivity index (χ4v) is 3.15. The number of carbonyl (C=O) groups is 1. The van der Waals surface area contributed by atoms with Crippen LogP contribution in [0.4, 0.5) is 5.69 Å². The first-order chi connectivity index (χ1) is 10.9. The number of methoxy groups -OCH3 is 1. The third-order valence-corrected chi connectivity index (χ3v) is 4.31. The molecule has 0 fully saturated rings. The van der Waals surface area contributed by atoms with Crippen LogP contribution in [0.1, 0.15) is 61.8 Å². The lowest BCUT2D eigenvalue weighted by Crippen LogP contribution is -2.18. The summed E-state index contributed by atoms with van der Waals surface area (Å²) in [5.74, 6) is 0.365. The maximum absolute atomic E-state index is 11.7. The van der Waals surface area contributed by atoms with E-state index in [1.165, 1.54) is 5.57 Å². The van der Waals surface area contributed by atoms with E-state index < -0.39 is 5.91 Å². The van der Waals surface area contributed by atoms with Crippen LogP contribution >= 0.6 is 0 Å². The van der Waals surface area contributed by atoms with E-state index in [1.807, 2.05) is 13.0 Å². The number of hydrogen-bond acceptors (Lipinski definition) is 4. The van der Waals surface area contributed by atoms with E-state index in [4.69, 9.17) is 16.2 Å². The first kappa shape index (κ1) is 17.1. The average Bonchev–Trinajstić information content (AvgIpc) is 2.50. The summed E-state index contributed by atoms with van der Waals surface area (Å²) in [6.07, 6.45) is 3.50. The van der Waals surface area contributed by atoms with E-state index >= 15 is 0 Å². The molecule has 124 valence electrons. The van der Waals surface area contributed by atoms with Gasteiger partial charge in [-0.05, 0) is 43.9 Å². The van der Waals surface area contributed by atoms with Gasteiger partial charge in [0.15, 0.2) is 5.69 Å². The van der Waals surface area contributed by atoms with E-state index in [2.05, 4.69) is 18.8 Å². The van der Waals surface area contributed by atoms with Gasteiger partial charge in [0.25, 0.3) is 5.91 Å². The predicted molar refractivity (Wildman–Crippen MR) is 92.7 cm³/mol. The normalized spacial score (nSPS) is 15.1. The molecule has 1 aromatic rings. The Hall–Kier alpha value is -2.30. The molecule has 5 heteroatoms. The zero-order valence-corrected chi connectivity index (χ0v) is 14.3. The number of nitrogens with zero attached hydrogens (tertiary/aromatic N) is 1. The van der Waals surface area contributed by atoms with E-state index in [9.17, 15) is 4.79 Å². The first-order valence-corrected chi connectivity index (χ1v) is 7.94. The molecule has 0 saturated heterocycles. The van der Waals surface area contributed by atoms with Crippen LogP contribution in [0.25, 0.3) is 5.57 Å². The van der Waals surface area contributed by atoms with Crippen molar-refractivity contribution >= 4 is 17.2 Å². The summed E-state index contributed by atoms with van der Waals surface area (Å²) in [6, 6.07) is 1.98. The van der Waals surface area contributed by atoms with Crippen molar-refractivity contribution in [2.24, 2.45) is 5.73 Å². The van der Waals surface area contributed by atoms with Gasteiger partial charge in [-0.2, -0.15) is 0 Å². The van der Waals surface area contributed by atoms with Crippen molar-refractivity contribution in [1.82, 2.24) is 4.98 Å². The van der Waals surface area contributed by atoms with Crippen LogP contribution in [-0.2, 0) is 11.2 Å². The number of ether oxygens (including phenoxy) is 1. The van der Waals surface area contributed by atoms with Gasteiger partial charge in [0, 0.05) is 17.7 Å². The number of pyridine rings is 1. The zero-order chi connectivity index (χ0) is 17.1. The molecular weight excluding hydrogens is 290 g/mol. The second-order valence-corrected chi connectivity index (χ2v) is 5.95. The van der Waals surface area contributed by atoms with Crippen molar-refractivity contribution in [1.29, 1.82) is 0 Å². The summed E-state index contributed by atoms with van der Waals surface area (Å²) in [4.78, 5) is 16.1. The smallest absolute Gasteiger partial charge is 0.269 e. The first-order valence-electron chi connectivity index (χ1n) is 7.94. The number of aryl methyl sites for hydroxylation is 1. The third-order valence-electron chi connectivity index (χ3n) is 4.31. The Kier molecular flexibility index (Phi) is 5.08. The summed E-state index contributed by atoms with van der Waals surface area (Å²) < 4.78 is 5.50. The van der Waals surface area contributed by atoms with Crippen molar-refractivity contribution in [2.45, 2.75) is 46.5 Å². The minimum absolute atomic E-state index is 0.156. The fourth-order valence-electron chi connectivity index (χ4n) is 3.15. The number of anilines is 1. The second-order valence-electron chi connectivity index (χ2n) is 5.95. The number of nitrogens with two attached hydrogens (primary N) is 2. The number of aromatic nitrogens is 1. The van der Waals surface area contributed by atoms with Crippen LogP contribution in [0.5, 0.6) is 0 Å². The van der Waals surface area contributed by atoms with Gasteiger partial charge in [-0.1, -0.05) is 18.9 Å². The number of rotatable bonds is 5. The molecule has 0 aromatic carbocycles. The minimum atomic E-state index is -0.593. The molecular formula is C18H25N3O2. The van der Waals surface area contributed by atoms with Crippen LogP contribution in [0, 0.1) is 0 Å². The van der Waals surface area contributed by atoms with Gasteiger partial charge >= 0.3 is 0 Å². The molecule has 2 rings (SSSR count). The third kappa shape index (κ3) is 3.23. The zero-order valence-electron chi connectivity index (χ0n) is 14.3. The monoisotopic (exact) mass is 315 g/mol. The predicted octanol–water partition coefficient (Wildman–Crippen LogP) is 3.20. The van der Waals surface area contributed by atoms with Gasteiger partial charge in [-0.3, -0.25) is 4.79 Å².